The zero-order valence-corrected chi connectivity index (χ0v) is 14.9. The van der Waals surface area contributed by atoms with Crippen LogP contribution < -0.4 is 5.32 Å². The van der Waals surface area contributed by atoms with Crippen LogP contribution in [0.4, 0.5) is 10.5 Å². The van der Waals surface area contributed by atoms with Gasteiger partial charge in [0.2, 0.25) is 5.91 Å². The van der Waals surface area contributed by atoms with E-state index in [0.29, 0.717) is 5.69 Å². The van der Waals surface area contributed by atoms with Crippen molar-refractivity contribution >= 4 is 17.7 Å². The number of likely N-dealkylation sites (tertiary alicyclic amines) is 1. The van der Waals surface area contributed by atoms with Gasteiger partial charge in [-0.3, -0.25) is 9.69 Å². The Morgan fingerprint density at radius 2 is 1.96 bits per heavy atom. The molecule has 0 radical (unpaired) electrons. The van der Waals surface area contributed by atoms with E-state index < -0.39 is 23.8 Å². The number of β-amino-alcohol motifs (C(OH)–C–C–N with tert-alkyl or cyclic N) is 1. The molecular weight excluding hydrogens is 308 g/mol. The third-order valence-corrected chi connectivity index (χ3v) is 3.86. The lowest BCUT2D eigenvalue weighted by Gasteiger charge is -2.28. The van der Waals surface area contributed by atoms with Gasteiger partial charge in [0, 0.05) is 12.1 Å². The van der Waals surface area contributed by atoms with Gasteiger partial charge >= 0.3 is 6.09 Å². The smallest absolute Gasteiger partial charge is 0.411 e. The van der Waals surface area contributed by atoms with E-state index in [2.05, 4.69) is 5.32 Å². The lowest BCUT2D eigenvalue weighted by Crippen LogP contribution is -2.45. The summed E-state index contributed by atoms with van der Waals surface area (Å²) in [5, 5.41) is 12.8. The van der Waals surface area contributed by atoms with Gasteiger partial charge in [-0.05, 0) is 51.8 Å². The fourth-order valence-corrected chi connectivity index (χ4v) is 2.67. The lowest BCUT2D eigenvalue weighted by atomic mass is 10.1. The number of aliphatic hydroxyl groups excluding tert-OH is 1. The summed E-state index contributed by atoms with van der Waals surface area (Å²) in [6.07, 6.45) is -1.11. The van der Waals surface area contributed by atoms with Crippen molar-refractivity contribution in [2.75, 3.05) is 11.9 Å². The Balaban J connectivity index is 2.14. The highest BCUT2D eigenvalue weighted by Gasteiger charge is 2.41. The van der Waals surface area contributed by atoms with Gasteiger partial charge in [0.25, 0.3) is 0 Å². The van der Waals surface area contributed by atoms with Crippen molar-refractivity contribution in [3.05, 3.63) is 29.3 Å². The van der Waals surface area contributed by atoms with Crippen molar-refractivity contribution in [3.8, 4) is 0 Å². The van der Waals surface area contributed by atoms with E-state index >= 15 is 0 Å². The molecule has 2 atom stereocenters. The van der Waals surface area contributed by atoms with E-state index in [9.17, 15) is 14.7 Å². The number of nitrogens with one attached hydrogen (secondary N) is 1. The fourth-order valence-electron chi connectivity index (χ4n) is 2.67. The van der Waals surface area contributed by atoms with Crippen molar-refractivity contribution in [2.45, 2.75) is 58.8 Å². The quantitative estimate of drug-likeness (QED) is 0.871. The molecule has 0 spiro atoms. The van der Waals surface area contributed by atoms with E-state index in [1.54, 1.807) is 20.8 Å². The SMILES string of the molecule is Cc1ccc(C)c(NC(=O)[C@@H]2C[C@@H](O)CN2C(=O)OC(C)(C)C)c1. The average Bonchev–Trinajstić information content (AvgIpc) is 2.83. The molecule has 0 bridgehead atoms. The zero-order chi connectivity index (χ0) is 18.1. The van der Waals surface area contributed by atoms with Crippen molar-refractivity contribution in [3.63, 3.8) is 0 Å². The lowest BCUT2D eigenvalue weighted by molar-refractivity contribution is -0.120. The number of anilines is 1. The van der Waals surface area contributed by atoms with Gasteiger partial charge in [-0.25, -0.2) is 4.79 Å². The summed E-state index contributed by atoms with van der Waals surface area (Å²) in [5.41, 5.74) is 2.03. The summed E-state index contributed by atoms with van der Waals surface area (Å²) in [4.78, 5) is 26.2. The van der Waals surface area contributed by atoms with E-state index in [1.165, 1.54) is 4.90 Å². The number of carbonyl (C=O) groups excluding carboxylic acids is 2. The predicted molar refractivity (Wildman–Crippen MR) is 91.9 cm³/mol. The number of carbonyl (C=O) groups is 2. The Bertz CT molecular complexity index is 636. The molecule has 1 aliphatic rings. The summed E-state index contributed by atoms with van der Waals surface area (Å²) >= 11 is 0. The summed E-state index contributed by atoms with van der Waals surface area (Å²) in [6, 6.07) is 5.04. The molecule has 2 amide bonds. The minimum absolute atomic E-state index is 0.0970. The van der Waals surface area contributed by atoms with Gasteiger partial charge in [-0.15, -0.1) is 0 Å². The van der Waals surface area contributed by atoms with Crippen molar-refractivity contribution in [1.82, 2.24) is 4.90 Å². The minimum atomic E-state index is -0.741. The molecule has 2 N–H and O–H groups in total. The molecule has 6 heteroatoms. The van der Waals surface area contributed by atoms with Crippen molar-refractivity contribution < 1.29 is 19.4 Å². The molecule has 0 aromatic heterocycles. The van der Waals surface area contributed by atoms with Crippen LogP contribution in [0.2, 0.25) is 0 Å². The minimum Gasteiger partial charge on any atom is -0.444 e. The van der Waals surface area contributed by atoms with Crippen LogP contribution in [0.1, 0.15) is 38.3 Å². The zero-order valence-electron chi connectivity index (χ0n) is 14.9. The molecule has 1 heterocycles. The Morgan fingerprint density at radius 3 is 2.58 bits per heavy atom. The maximum Gasteiger partial charge on any atom is 0.411 e. The second-order valence-electron chi connectivity index (χ2n) is 7.35. The van der Waals surface area contributed by atoms with E-state index in [1.807, 2.05) is 32.0 Å². The molecule has 1 aromatic carbocycles. The van der Waals surface area contributed by atoms with Gasteiger partial charge in [0.1, 0.15) is 11.6 Å². The molecule has 0 unspecified atom stereocenters. The van der Waals surface area contributed by atoms with E-state index in [-0.39, 0.29) is 18.9 Å². The number of benzene rings is 1. The van der Waals surface area contributed by atoms with Crippen molar-refractivity contribution in [2.24, 2.45) is 0 Å². The van der Waals surface area contributed by atoms with E-state index in [4.69, 9.17) is 4.74 Å². The van der Waals surface area contributed by atoms with Gasteiger partial charge in [-0.1, -0.05) is 12.1 Å². The average molecular weight is 334 g/mol. The highest BCUT2D eigenvalue weighted by atomic mass is 16.6. The second-order valence-corrected chi connectivity index (χ2v) is 7.35. The first-order valence-electron chi connectivity index (χ1n) is 8.12. The third-order valence-electron chi connectivity index (χ3n) is 3.86. The van der Waals surface area contributed by atoms with Crippen LogP contribution in [-0.2, 0) is 9.53 Å². The first-order valence-corrected chi connectivity index (χ1v) is 8.12. The highest BCUT2D eigenvalue weighted by Crippen LogP contribution is 2.24. The largest absolute Gasteiger partial charge is 0.444 e. The third kappa shape index (κ3) is 4.47. The number of aryl methyl sites for hydroxylation is 2. The number of nitrogens with zero attached hydrogens (tertiary/aromatic N) is 1. The Labute approximate surface area is 142 Å². The van der Waals surface area contributed by atoms with Crippen LogP contribution in [-0.4, -0.2) is 46.3 Å². The summed E-state index contributed by atoms with van der Waals surface area (Å²) in [7, 11) is 0. The first-order chi connectivity index (χ1) is 11.1. The number of hydrogen-bond acceptors (Lipinski definition) is 4. The molecule has 1 saturated heterocycles. The number of ether oxygens (including phenoxy) is 1. The van der Waals surface area contributed by atoms with Gasteiger partial charge in [0.05, 0.1) is 12.6 Å². The number of amides is 2. The first kappa shape index (κ1) is 18.3. The molecule has 6 nitrogen and oxygen atoms in total. The van der Waals surface area contributed by atoms with Gasteiger partial charge in [0.15, 0.2) is 0 Å². The summed E-state index contributed by atoms with van der Waals surface area (Å²) in [6.45, 7) is 9.25. The number of aliphatic hydroxyl groups is 1. The molecule has 1 aromatic rings. The van der Waals surface area contributed by atoms with Crippen LogP contribution in [0.5, 0.6) is 0 Å². The van der Waals surface area contributed by atoms with Crippen molar-refractivity contribution in [1.29, 1.82) is 0 Å². The Hall–Kier alpha value is -2.08. The van der Waals surface area contributed by atoms with Crippen LogP contribution in [0.3, 0.4) is 0 Å². The molecule has 24 heavy (non-hydrogen) atoms. The summed E-state index contributed by atoms with van der Waals surface area (Å²) in [5.74, 6) is -0.314. The second kappa shape index (κ2) is 6.81. The molecule has 1 aliphatic heterocycles. The fraction of sp³-hybridized carbons (Fsp3) is 0.556. The molecular formula is C18H26N2O4. The van der Waals surface area contributed by atoms with E-state index in [0.717, 1.165) is 11.1 Å². The normalized spacial score (nSPS) is 20.8. The standard InChI is InChI=1S/C18H26N2O4/c1-11-6-7-12(2)14(8-11)19-16(22)15-9-13(21)10-20(15)17(23)24-18(3,4)5/h6-8,13,15,21H,9-10H2,1-5H3,(H,19,22)/t13-,15+/m1/s1. The van der Waals surface area contributed by atoms with Crippen LogP contribution >= 0.6 is 0 Å². The number of hydrogen-bond donors (Lipinski definition) is 2. The maximum absolute atomic E-state index is 12.6. The monoisotopic (exact) mass is 334 g/mol. The van der Waals surface area contributed by atoms with Gasteiger partial charge < -0.3 is 15.2 Å². The maximum atomic E-state index is 12.6. The molecule has 0 aliphatic carbocycles. The molecule has 0 saturated carbocycles. The highest BCUT2D eigenvalue weighted by molar-refractivity contribution is 5.97. The summed E-state index contributed by atoms with van der Waals surface area (Å²) < 4.78 is 5.34. The molecule has 2 rings (SSSR count). The number of rotatable bonds is 2. The Kier molecular flexibility index (Phi) is 5.18. The topological polar surface area (TPSA) is 78.9 Å². The van der Waals surface area contributed by atoms with Gasteiger partial charge in [-0.2, -0.15) is 0 Å². The molecule has 1 fully saturated rings. The van der Waals surface area contributed by atoms with Crippen LogP contribution in [0.15, 0.2) is 18.2 Å². The van der Waals surface area contributed by atoms with Crippen LogP contribution in [0, 0.1) is 13.8 Å². The Morgan fingerprint density at radius 1 is 1.29 bits per heavy atom. The molecule has 132 valence electrons. The van der Waals surface area contributed by atoms with Crippen LogP contribution in [0.25, 0.3) is 0 Å². The predicted octanol–water partition coefficient (Wildman–Crippen LogP) is 2.61.